The fraction of sp³-hybridized carbons (Fsp3) is 0.150. The van der Waals surface area contributed by atoms with Gasteiger partial charge in [-0.05, 0) is 24.6 Å². The average Bonchev–Trinajstić information content (AvgIpc) is 3.16. The Hall–Kier alpha value is -3.24. The Kier molecular flexibility index (Phi) is 7.15. The first-order valence-electron chi connectivity index (χ1n) is 8.78. The van der Waals surface area contributed by atoms with Crippen molar-refractivity contribution in [2.45, 2.75) is 22.8 Å². The van der Waals surface area contributed by atoms with E-state index in [0.717, 1.165) is 11.3 Å². The van der Waals surface area contributed by atoms with Crippen LogP contribution in [0, 0.1) is 17.0 Å². The van der Waals surface area contributed by atoms with Gasteiger partial charge in [-0.15, -0.1) is 11.3 Å². The quantitative estimate of drug-likeness (QED) is 0.318. The third kappa shape index (κ3) is 5.88. The lowest BCUT2D eigenvalue weighted by Crippen LogP contribution is -2.30. The molecule has 10 heteroatoms. The van der Waals surface area contributed by atoms with Gasteiger partial charge in [-0.1, -0.05) is 42.1 Å². The summed E-state index contributed by atoms with van der Waals surface area (Å²) < 4.78 is 5.77. The fourth-order valence-corrected chi connectivity index (χ4v) is 4.28. The molecular weight excluding hydrogens is 426 g/mol. The van der Waals surface area contributed by atoms with Crippen molar-refractivity contribution < 1.29 is 19.2 Å². The predicted molar refractivity (Wildman–Crippen MR) is 113 cm³/mol. The second-order valence-electron chi connectivity index (χ2n) is 6.13. The number of hydrogen-bond acceptors (Lipinski definition) is 8. The Morgan fingerprint density at radius 2 is 2.00 bits per heavy atom. The van der Waals surface area contributed by atoms with Crippen molar-refractivity contribution >= 4 is 40.7 Å². The SMILES string of the molecule is Cc1csc(Sc2ccc(C(=O)NCC(=O)OCc3ccccc3)cc2[N+](=O)[O-])n1. The van der Waals surface area contributed by atoms with Crippen LogP contribution in [-0.2, 0) is 16.1 Å². The van der Waals surface area contributed by atoms with E-state index in [4.69, 9.17) is 4.74 Å². The highest BCUT2D eigenvalue weighted by Crippen LogP contribution is 2.36. The van der Waals surface area contributed by atoms with E-state index in [1.807, 2.05) is 42.6 Å². The van der Waals surface area contributed by atoms with Gasteiger partial charge < -0.3 is 10.1 Å². The first-order chi connectivity index (χ1) is 14.4. The summed E-state index contributed by atoms with van der Waals surface area (Å²) in [7, 11) is 0. The molecule has 1 heterocycles. The number of ether oxygens (including phenoxy) is 1. The van der Waals surface area contributed by atoms with Crippen LogP contribution in [-0.4, -0.2) is 28.3 Å². The summed E-state index contributed by atoms with van der Waals surface area (Å²) in [4.78, 5) is 39.7. The number of carbonyl (C=O) groups excluding carboxylic acids is 2. The molecule has 0 radical (unpaired) electrons. The summed E-state index contributed by atoms with van der Waals surface area (Å²) in [5, 5.41) is 15.7. The van der Waals surface area contributed by atoms with Gasteiger partial charge in [0.2, 0.25) is 0 Å². The van der Waals surface area contributed by atoms with Crippen molar-refractivity contribution in [1.82, 2.24) is 10.3 Å². The van der Waals surface area contributed by atoms with Crippen molar-refractivity contribution in [1.29, 1.82) is 0 Å². The standard InChI is InChI=1S/C20H17N3O5S2/c1-13-12-29-20(22-13)30-17-8-7-15(9-16(17)23(26)27)19(25)21-10-18(24)28-11-14-5-3-2-4-6-14/h2-9,12H,10-11H2,1H3,(H,21,25). The van der Waals surface area contributed by atoms with Crippen LogP contribution in [0.5, 0.6) is 0 Å². The van der Waals surface area contributed by atoms with E-state index < -0.39 is 16.8 Å². The first-order valence-corrected chi connectivity index (χ1v) is 10.5. The summed E-state index contributed by atoms with van der Waals surface area (Å²) in [5.74, 6) is -1.20. The van der Waals surface area contributed by atoms with Gasteiger partial charge in [-0.3, -0.25) is 19.7 Å². The van der Waals surface area contributed by atoms with E-state index in [1.165, 1.54) is 41.3 Å². The van der Waals surface area contributed by atoms with Crippen molar-refractivity contribution in [3.8, 4) is 0 Å². The third-order valence-electron chi connectivity index (χ3n) is 3.85. The molecule has 0 aliphatic carbocycles. The van der Waals surface area contributed by atoms with E-state index in [0.29, 0.717) is 9.24 Å². The van der Waals surface area contributed by atoms with Crippen molar-refractivity contribution in [3.05, 3.63) is 80.8 Å². The number of benzene rings is 2. The Morgan fingerprint density at radius 3 is 2.67 bits per heavy atom. The molecule has 1 aromatic heterocycles. The van der Waals surface area contributed by atoms with Crippen molar-refractivity contribution in [2.75, 3.05) is 6.54 Å². The number of thiazole rings is 1. The summed E-state index contributed by atoms with van der Waals surface area (Å²) in [6.45, 7) is 1.60. The van der Waals surface area contributed by atoms with Crippen LogP contribution in [0.15, 0.2) is 63.1 Å². The number of rotatable bonds is 8. The number of nitro benzene ring substituents is 1. The minimum absolute atomic E-state index is 0.0808. The van der Waals surface area contributed by atoms with Crippen LogP contribution in [0.3, 0.4) is 0 Å². The number of aryl methyl sites for hydroxylation is 1. The van der Waals surface area contributed by atoms with Gasteiger partial charge in [0.25, 0.3) is 11.6 Å². The van der Waals surface area contributed by atoms with Crippen LogP contribution >= 0.6 is 23.1 Å². The maximum Gasteiger partial charge on any atom is 0.325 e. The molecule has 3 rings (SSSR count). The van der Waals surface area contributed by atoms with Gasteiger partial charge in [0.1, 0.15) is 13.2 Å². The van der Waals surface area contributed by atoms with Gasteiger partial charge >= 0.3 is 5.97 Å². The molecule has 0 atom stereocenters. The number of hydrogen-bond donors (Lipinski definition) is 1. The minimum atomic E-state index is -0.604. The number of esters is 1. The van der Waals surface area contributed by atoms with E-state index in [2.05, 4.69) is 10.3 Å². The largest absolute Gasteiger partial charge is 0.460 e. The van der Waals surface area contributed by atoms with E-state index >= 15 is 0 Å². The van der Waals surface area contributed by atoms with E-state index in [9.17, 15) is 19.7 Å². The van der Waals surface area contributed by atoms with Gasteiger partial charge in [-0.25, -0.2) is 4.98 Å². The number of aromatic nitrogens is 1. The lowest BCUT2D eigenvalue weighted by atomic mass is 10.2. The first kappa shape index (κ1) is 21.5. The molecular formula is C20H17N3O5S2. The topological polar surface area (TPSA) is 111 Å². The van der Waals surface area contributed by atoms with Crippen LogP contribution in [0.4, 0.5) is 5.69 Å². The number of nitrogens with zero attached hydrogens (tertiary/aromatic N) is 2. The van der Waals surface area contributed by atoms with Crippen LogP contribution in [0.1, 0.15) is 21.6 Å². The maximum atomic E-state index is 12.3. The molecule has 0 fully saturated rings. The molecule has 0 unspecified atom stereocenters. The molecule has 0 spiro atoms. The lowest BCUT2D eigenvalue weighted by Gasteiger charge is -2.08. The zero-order chi connectivity index (χ0) is 21.5. The second-order valence-corrected chi connectivity index (χ2v) is 8.27. The molecule has 1 N–H and O–H groups in total. The molecule has 0 saturated carbocycles. The number of amides is 1. The number of carbonyl (C=O) groups is 2. The number of nitro groups is 1. The zero-order valence-corrected chi connectivity index (χ0v) is 17.5. The molecule has 3 aromatic rings. The molecule has 0 bridgehead atoms. The minimum Gasteiger partial charge on any atom is -0.460 e. The van der Waals surface area contributed by atoms with Crippen molar-refractivity contribution in [2.24, 2.45) is 0 Å². The highest BCUT2D eigenvalue weighted by molar-refractivity contribution is 8.01. The lowest BCUT2D eigenvalue weighted by molar-refractivity contribution is -0.387. The van der Waals surface area contributed by atoms with Crippen molar-refractivity contribution in [3.63, 3.8) is 0 Å². The summed E-state index contributed by atoms with van der Waals surface area (Å²) in [6, 6.07) is 13.3. The molecule has 8 nitrogen and oxygen atoms in total. The van der Waals surface area contributed by atoms with Gasteiger partial charge in [0.05, 0.1) is 9.82 Å². The molecule has 154 valence electrons. The normalized spacial score (nSPS) is 10.4. The highest BCUT2D eigenvalue weighted by Gasteiger charge is 2.20. The Labute approximate surface area is 180 Å². The fourth-order valence-electron chi connectivity index (χ4n) is 2.40. The third-order valence-corrected chi connectivity index (χ3v) is 5.97. The van der Waals surface area contributed by atoms with E-state index in [1.54, 1.807) is 0 Å². The van der Waals surface area contributed by atoms with E-state index in [-0.39, 0.29) is 24.4 Å². The molecule has 0 aliphatic rings. The Balaban J connectivity index is 1.60. The summed E-state index contributed by atoms with van der Waals surface area (Å²) >= 11 is 2.55. The monoisotopic (exact) mass is 443 g/mol. The highest BCUT2D eigenvalue weighted by atomic mass is 32.2. The summed E-state index contributed by atoms with van der Waals surface area (Å²) in [6.07, 6.45) is 0. The zero-order valence-electron chi connectivity index (χ0n) is 15.9. The van der Waals surface area contributed by atoms with Gasteiger partial charge in [-0.2, -0.15) is 0 Å². The molecule has 2 aromatic carbocycles. The van der Waals surface area contributed by atoms with Crippen LogP contribution in [0.25, 0.3) is 0 Å². The van der Waals surface area contributed by atoms with Crippen LogP contribution < -0.4 is 5.32 Å². The van der Waals surface area contributed by atoms with Crippen LogP contribution in [0.2, 0.25) is 0 Å². The average molecular weight is 444 g/mol. The Morgan fingerprint density at radius 1 is 1.23 bits per heavy atom. The molecule has 0 saturated heterocycles. The molecule has 1 amide bonds. The maximum absolute atomic E-state index is 12.3. The molecule has 30 heavy (non-hydrogen) atoms. The van der Waals surface area contributed by atoms with Gasteiger partial charge in [0, 0.05) is 22.7 Å². The predicted octanol–water partition coefficient (Wildman–Crippen LogP) is 3.98. The number of nitrogens with one attached hydrogen (secondary N) is 1. The van der Waals surface area contributed by atoms with Gasteiger partial charge in [0.15, 0.2) is 4.34 Å². The second kappa shape index (κ2) is 9.99. The summed E-state index contributed by atoms with van der Waals surface area (Å²) in [5.41, 5.74) is 1.54. The Bertz CT molecular complexity index is 1070. The molecule has 0 aliphatic heterocycles. The smallest absolute Gasteiger partial charge is 0.325 e.